The lowest BCUT2D eigenvalue weighted by molar-refractivity contribution is -0.116. The van der Waals surface area contributed by atoms with Crippen molar-refractivity contribution in [2.75, 3.05) is 5.32 Å². The van der Waals surface area contributed by atoms with Crippen molar-refractivity contribution in [2.45, 2.75) is 13.5 Å². The van der Waals surface area contributed by atoms with Crippen molar-refractivity contribution >= 4 is 33.3 Å². The maximum atomic E-state index is 13.1. The van der Waals surface area contributed by atoms with Gasteiger partial charge in [0.1, 0.15) is 12.4 Å². The van der Waals surface area contributed by atoms with E-state index in [2.05, 4.69) is 10.3 Å². The molecule has 2 aromatic carbocycles. The fourth-order valence-corrected chi connectivity index (χ4v) is 3.89. The van der Waals surface area contributed by atoms with E-state index in [-0.39, 0.29) is 23.7 Å². The molecule has 1 amide bonds. The molecule has 0 fully saturated rings. The first-order valence-corrected chi connectivity index (χ1v) is 9.44. The predicted octanol–water partition coefficient (Wildman–Crippen LogP) is 4.21. The Labute approximate surface area is 164 Å². The summed E-state index contributed by atoms with van der Waals surface area (Å²) in [6, 6.07) is 14.7. The SMILES string of the molecule is Cc1sc(NC(=O)Cn2ccc(=O)c3ccccc32)nc1-c1ccc(F)cc1. The standard InChI is InChI=1S/C21H16FN3O2S/c1-13-20(14-6-8-15(22)9-7-14)24-21(28-13)23-19(27)12-25-11-10-18(26)16-4-2-3-5-17(16)25/h2-11H,12H2,1H3,(H,23,24,27). The van der Waals surface area contributed by atoms with Crippen LogP contribution in [0.25, 0.3) is 22.2 Å². The summed E-state index contributed by atoms with van der Waals surface area (Å²) >= 11 is 1.36. The van der Waals surface area contributed by atoms with Crippen molar-refractivity contribution in [3.8, 4) is 11.3 Å². The van der Waals surface area contributed by atoms with Gasteiger partial charge in [-0.2, -0.15) is 0 Å². The smallest absolute Gasteiger partial charge is 0.246 e. The fourth-order valence-electron chi connectivity index (χ4n) is 3.04. The topological polar surface area (TPSA) is 64.0 Å². The van der Waals surface area contributed by atoms with Crippen LogP contribution in [-0.2, 0) is 11.3 Å². The van der Waals surface area contributed by atoms with Gasteiger partial charge in [-0.3, -0.25) is 9.59 Å². The zero-order valence-electron chi connectivity index (χ0n) is 15.0. The molecule has 2 heterocycles. The number of benzene rings is 2. The normalized spacial score (nSPS) is 10.9. The third kappa shape index (κ3) is 3.57. The molecular weight excluding hydrogens is 377 g/mol. The Bertz CT molecular complexity index is 1230. The molecule has 1 N–H and O–H groups in total. The molecule has 140 valence electrons. The lowest BCUT2D eigenvalue weighted by Gasteiger charge is -2.09. The molecule has 0 spiro atoms. The van der Waals surface area contributed by atoms with Gasteiger partial charge in [-0.05, 0) is 43.3 Å². The van der Waals surface area contributed by atoms with Crippen molar-refractivity contribution in [1.29, 1.82) is 0 Å². The lowest BCUT2D eigenvalue weighted by atomic mass is 10.1. The summed E-state index contributed by atoms with van der Waals surface area (Å²) in [7, 11) is 0. The lowest BCUT2D eigenvalue weighted by Crippen LogP contribution is -2.20. The van der Waals surface area contributed by atoms with Crippen molar-refractivity contribution in [3.63, 3.8) is 0 Å². The molecule has 0 saturated heterocycles. The summed E-state index contributed by atoms with van der Waals surface area (Å²) in [5.74, 6) is -0.549. The first kappa shape index (κ1) is 18.1. The third-order valence-corrected chi connectivity index (χ3v) is 5.25. The highest BCUT2D eigenvalue weighted by Crippen LogP contribution is 2.30. The van der Waals surface area contributed by atoms with Crippen LogP contribution in [0.2, 0.25) is 0 Å². The van der Waals surface area contributed by atoms with Crippen molar-refractivity contribution < 1.29 is 9.18 Å². The number of para-hydroxylation sites is 1. The molecule has 7 heteroatoms. The molecule has 5 nitrogen and oxygen atoms in total. The molecule has 0 atom stereocenters. The molecule has 0 aliphatic carbocycles. The zero-order valence-corrected chi connectivity index (χ0v) is 15.8. The van der Waals surface area contributed by atoms with Gasteiger partial charge in [0.25, 0.3) is 0 Å². The van der Waals surface area contributed by atoms with Crippen LogP contribution in [0.15, 0.2) is 65.6 Å². The highest BCUT2D eigenvalue weighted by molar-refractivity contribution is 7.16. The van der Waals surface area contributed by atoms with Gasteiger partial charge in [0.2, 0.25) is 5.91 Å². The van der Waals surface area contributed by atoms with Gasteiger partial charge in [0.05, 0.1) is 11.2 Å². The van der Waals surface area contributed by atoms with Gasteiger partial charge in [-0.15, -0.1) is 11.3 Å². The highest BCUT2D eigenvalue weighted by atomic mass is 32.1. The molecule has 0 saturated carbocycles. The van der Waals surface area contributed by atoms with E-state index in [1.54, 1.807) is 35.0 Å². The number of hydrogen-bond donors (Lipinski definition) is 1. The molecule has 0 aliphatic rings. The van der Waals surface area contributed by atoms with E-state index in [1.807, 2.05) is 19.1 Å². The van der Waals surface area contributed by atoms with E-state index in [9.17, 15) is 14.0 Å². The zero-order chi connectivity index (χ0) is 19.7. The Kier molecular flexibility index (Phi) is 4.75. The highest BCUT2D eigenvalue weighted by Gasteiger charge is 2.13. The maximum absolute atomic E-state index is 13.1. The molecule has 0 unspecified atom stereocenters. The van der Waals surface area contributed by atoms with Gasteiger partial charge in [-0.25, -0.2) is 9.37 Å². The average Bonchev–Trinajstić information content (AvgIpc) is 3.05. The van der Waals surface area contributed by atoms with Gasteiger partial charge in [0, 0.05) is 28.1 Å². The van der Waals surface area contributed by atoms with E-state index in [0.29, 0.717) is 21.7 Å². The molecule has 4 rings (SSSR count). The Balaban J connectivity index is 1.55. The van der Waals surface area contributed by atoms with Gasteiger partial charge >= 0.3 is 0 Å². The Morgan fingerprint density at radius 1 is 1.14 bits per heavy atom. The van der Waals surface area contributed by atoms with Gasteiger partial charge in [0.15, 0.2) is 10.6 Å². The minimum Gasteiger partial charge on any atom is -0.338 e. The summed E-state index contributed by atoms with van der Waals surface area (Å²) in [6.07, 6.45) is 1.61. The van der Waals surface area contributed by atoms with Crippen LogP contribution >= 0.6 is 11.3 Å². The molecule has 28 heavy (non-hydrogen) atoms. The van der Waals surface area contributed by atoms with E-state index in [0.717, 1.165) is 10.4 Å². The maximum Gasteiger partial charge on any atom is 0.246 e. The average molecular weight is 393 g/mol. The second-order valence-electron chi connectivity index (χ2n) is 6.30. The van der Waals surface area contributed by atoms with Crippen LogP contribution in [0.3, 0.4) is 0 Å². The summed E-state index contributed by atoms with van der Waals surface area (Å²) in [6.45, 7) is 1.96. The van der Waals surface area contributed by atoms with E-state index in [1.165, 1.54) is 29.5 Å². The molecule has 2 aromatic heterocycles. The van der Waals surface area contributed by atoms with E-state index in [4.69, 9.17) is 0 Å². The van der Waals surface area contributed by atoms with Crippen LogP contribution < -0.4 is 10.7 Å². The summed E-state index contributed by atoms with van der Waals surface area (Å²) in [5.41, 5.74) is 2.13. The summed E-state index contributed by atoms with van der Waals surface area (Å²) in [5, 5.41) is 3.86. The first-order chi connectivity index (χ1) is 13.5. The fraction of sp³-hybridized carbons (Fsp3) is 0.0952. The summed E-state index contributed by atoms with van der Waals surface area (Å²) < 4.78 is 14.9. The molecule has 0 bridgehead atoms. The number of thiazole rings is 1. The number of halogens is 1. The number of aromatic nitrogens is 2. The van der Waals surface area contributed by atoms with Gasteiger partial charge in [-0.1, -0.05) is 12.1 Å². The molecule has 0 radical (unpaired) electrons. The Morgan fingerprint density at radius 2 is 1.89 bits per heavy atom. The number of fused-ring (bicyclic) bond motifs is 1. The molecule has 4 aromatic rings. The van der Waals surface area contributed by atoms with Crippen LogP contribution in [0.5, 0.6) is 0 Å². The van der Waals surface area contributed by atoms with Crippen molar-refractivity contribution in [2.24, 2.45) is 0 Å². The molecular formula is C21H16FN3O2S. The summed E-state index contributed by atoms with van der Waals surface area (Å²) in [4.78, 5) is 29.9. The number of rotatable bonds is 4. The first-order valence-electron chi connectivity index (χ1n) is 8.63. The quantitative estimate of drug-likeness (QED) is 0.565. The third-order valence-electron chi connectivity index (χ3n) is 4.36. The number of carbonyl (C=O) groups excluding carboxylic acids is 1. The second kappa shape index (κ2) is 7.36. The number of anilines is 1. The number of amides is 1. The predicted molar refractivity (Wildman–Crippen MR) is 109 cm³/mol. The Morgan fingerprint density at radius 3 is 2.68 bits per heavy atom. The number of carbonyl (C=O) groups is 1. The Hall–Kier alpha value is -3.32. The number of aryl methyl sites for hydroxylation is 1. The van der Waals surface area contributed by atoms with Crippen molar-refractivity contribution in [3.05, 3.63) is 81.7 Å². The van der Waals surface area contributed by atoms with Crippen LogP contribution in [-0.4, -0.2) is 15.5 Å². The van der Waals surface area contributed by atoms with Crippen LogP contribution in [0.4, 0.5) is 9.52 Å². The number of nitrogens with zero attached hydrogens (tertiary/aromatic N) is 2. The number of pyridine rings is 1. The van der Waals surface area contributed by atoms with E-state index >= 15 is 0 Å². The number of hydrogen-bond acceptors (Lipinski definition) is 4. The second-order valence-corrected chi connectivity index (χ2v) is 7.51. The van der Waals surface area contributed by atoms with E-state index < -0.39 is 0 Å². The van der Waals surface area contributed by atoms with Crippen molar-refractivity contribution in [1.82, 2.24) is 9.55 Å². The minimum atomic E-state index is -0.307. The minimum absolute atomic E-state index is 0.0608. The van der Waals surface area contributed by atoms with Gasteiger partial charge < -0.3 is 9.88 Å². The van der Waals surface area contributed by atoms with Crippen LogP contribution in [0.1, 0.15) is 4.88 Å². The largest absolute Gasteiger partial charge is 0.338 e. The number of nitrogens with one attached hydrogen (secondary N) is 1. The monoisotopic (exact) mass is 393 g/mol. The van der Waals surface area contributed by atoms with Crippen LogP contribution in [0, 0.1) is 12.7 Å². The molecule has 0 aliphatic heterocycles.